The summed E-state index contributed by atoms with van der Waals surface area (Å²) in [6.07, 6.45) is 7.78. The molecule has 0 saturated heterocycles. The van der Waals surface area contributed by atoms with E-state index in [2.05, 4.69) is 25.3 Å². The summed E-state index contributed by atoms with van der Waals surface area (Å²) < 4.78 is 0. The monoisotopic (exact) mass is 203 g/mol. The van der Waals surface area contributed by atoms with Crippen LogP contribution in [0.1, 0.15) is 11.4 Å². The third-order valence-corrected chi connectivity index (χ3v) is 2.12. The number of H-pyrrole nitrogens is 1. The molecule has 0 aliphatic carbocycles. The lowest BCUT2D eigenvalue weighted by molar-refractivity contribution is 0.956. The Kier molecular flexibility index (Phi) is 2.92. The van der Waals surface area contributed by atoms with Gasteiger partial charge in [0.25, 0.3) is 0 Å². The second-order valence-corrected chi connectivity index (χ2v) is 3.24. The number of hydrogen-bond acceptors (Lipinski definition) is 4. The van der Waals surface area contributed by atoms with Gasteiger partial charge in [-0.05, 0) is 6.92 Å². The molecule has 0 spiro atoms. The van der Waals surface area contributed by atoms with Gasteiger partial charge in [-0.3, -0.25) is 4.98 Å². The third kappa shape index (κ3) is 2.52. The number of anilines is 1. The van der Waals surface area contributed by atoms with Crippen LogP contribution in [0.15, 0.2) is 24.9 Å². The molecule has 0 aromatic carbocycles. The van der Waals surface area contributed by atoms with Crippen molar-refractivity contribution >= 4 is 5.82 Å². The fourth-order valence-electron chi connectivity index (χ4n) is 1.32. The maximum absolute atomic E-state index is 4.20. The Hall–Kier alpha value is -1.91. The highest BCUT2D eigenvalue weighted by atomic mass is 15.0. The van der Waals surface area contributed by atoms with E-state index < -0.39 is 0 Å². The Morgan fingerprint density at radius 1 is 1.33 bits per heavy atom. The second kappa shape index (κ2) is 4.54. The van der Waals surface area contributed by atoms with Gasteiger partial charge in [0.2, 0.25) is 0 Å². The summed E-state index contributed by atoms with van der Waals surface area (Å²) >= 11 is 0. The minimum absolute atomic E-state index is 0.821. The molecule has 0 aliphatic rings. The molecule has 15 heavy (non-hydrogen) atoms. The van der Waals surface area contributed by atoms with E-state index in [1.807, 2.05) is 13.1 Å². The predicted molar refractivity (Wildman–Crippen MR) is 57.6 cm³/mol. The van der Waals surface area contributed by atoms with Crippen molar-refractivity contribution in [2.75, 3.05) is 11.9 Å². The van der Waals surface area contributed by atoms with Crippen LogP contribution in [0.4, 0.5) is 5.82 Å². The zero-order chi connectivity index (χ0) is 10.5. The minimum atomic E-state index is 0.821. The lowest BCUT2D eigenvalue weighted by Gasteiger charge is -2.05. The van der Waals surface area contributed by atoms with Crippen molar-refractivity contribution in [3.05, 3.63) is 36.3 Å². The number of aromatic nitrogens is 4. The van der Waals surface area contributed by atoms with Gasteiger partial charge in [0.1, 0.15) is 5.82 Å². The molecule has 0 atom stereocenters. The number of rotatable bonds is 4. The molecule has 2 heterocycles. The van der Waals surface area contributed by atoms with E-state index in [0.717, 1.165) is 30.2 Å². The molecule has 2 rings (SSSR count). The van der Waals surface area contributed by atoms with Crippen molar-refractivity contribution in [3.63, 3.8) is 0 Å². The van der Waals surface area contributed by atoms with Crippen LogP contribution in [0.5, 0.6) is 0 Å². The topological polar surface area (TPSA) is 66.5 Å². The van der Waals surface area contributed by atoms with Gasteiger partial charge in [-0.15, -0.1) is 0 Å². The first-order valence-corrected chi connectivity index (χ1v) is 4.85. The number of aryl methyl sites for hydroxylation is 1. The van der Waals surface area contributed by atoms with Gasteiger partial charge >= 0.3 is 0 Å². The molecule has 0 amide bonds. The van der Waals surface area contributed by atoms with E-state index in [4.69, 9.17) is 0 Å². The molecule has 78 valence electrons. The van der Waals surface area contributed by atoms with Crippen LogP contribution >= 0.6 is 0 Å². The Balaban J connectivity index is 1.86. The van der Waals surface area contributed by atoms with Crippen molar-refractivity contribution in [2.24, 2.45) is 0 Å². The molecule has 0 bridgehead atoms. The third-order valence-electron chi connectivity index (χ3n) is 2.12. The molecule has 0 aliphatic heterocycles. The molecule has 0 saturated carbocycles. The van der Waals surface area contributed by atoms with Crippen LogP contribution in [0, 0.1) is 6.92 Å². The highest BCUT2D eigenvalue weighted by Gasteiger charge is 1.99. The first-order valence-electron chi connectivity index (χ1n) is 4.85. The second-order valence-electron chi connectivity index (χ2n) is 3.24. The summed E-state index contributed by atoms with van der Waals surface area (Å²) in [5.41, 5.74) is 2.03. The summed E-state index contributed by atoms with van der Waals surface area (Å²) in [6, 6.07) is 0. The standard InChI is InChI=1S/C10H13N5/c1-8-10(14-5-4-12-8)13-3-2-9-6-11-7-15-9/h4-7H,2-3H2,1H3,(H,11,15)(H,13,14). The highest BCUT2D eigenvalue weighted by Crippen LogP contribution is 2.05. The van der Waals surface area contributed by atoms with Crippen molar-refractivity contribution in [1.82, 2.24) is 19.9 Å². The summed E-state index contributed by atoms with van der Waals surface area (Å²) in [4.78, 5) is 15.4. The SMILES string of the molecule is Cc1nccnc1NCCc1cnc[nH]1. The predicted octanol–water partition coefficient (Wildman–Crippen LogP) is 1.16. The molecular weight excluding hydrogens is 190 g/mol. The van der Waals surface area contributed by atoms with Crippen LogP contribution in [-0.4, -0.2) is 26.5 Å². The van der Waals surface area contributed by atoms with E-state index in [0.29, 0.717) is 0 Å². The maximum atomic E-state index is 4.20. The Labute approximate surface area is 88.0 Å². The molecule has 2 aromatic rings. The number of imidazole rings is 1. The average Bonchev–Trinajstić information content (AvgIpc) is 2.74. The lowest BCUT2D eigenvalue weighted by Crippen LogP contribution is -2.08. The zero-order valence-electron chi connectivity index (χ0n) is 8.57. The number of hydrogen-bond donors (Lipinski definition) is 2. The normalized spacial score (nSPS) is 10.2. The van der Waals surface area contributed by atoms with Crippen molar-refractivity contribution < 1.29 is 0 Å². The van der Waals surface area contributed by atoms with Crippen LogP contribution in [0.2, 0.25) is 0 Å². The van der Waals surface area contributed by atoms with Gasteiger partial charge in [0.05, 0.1) is 12.0 Å². The molecule has 0 radical (unpaired) electrons. The Morgan fingerprint density at radius 2 is 2.20 bits per heavy atom. The largest absolute Gasteiger partial charge is 0.368 e. The smallest absolute Gasteiger partial charge is 0.147 e. The first-order chi connectivity index (χ1) is 7.36. The van der Waals surface area contributed by atoms with Crippen molar-refractivity contribution in [2.45, 2.75) is 13.3 Å². The molecular formula is C10H13N5. The summed E-state index contributed by atoms with van der Waals surface area (Å²) in [5, 5.41) is 3.23. The van der Waals surface area contributed by atoms with E-state index in [1.165, 1.54) is 0 Å². The fraction of sp³-hybridized carbons (Fsp3) is 0.300. The van der Waals surface area contributed by atoms with Gasteiger partial charge in [0, 0.05) is 37.3 Å². The summed E-state index contributed by atoms with van der Waals surface area (Å²) in [7, 11) is 0. The molecule has 0 fully saturated rings. The minimum Gasteiger partial charge on any atom is -0.368 e. The van der Waals surface area contributed by atoms with Crippen LogP contribution in [0.25, 0.3) is 0 Å². The van der Waals surface area contributed by atoms with Gasteiger partial charge in [-0.2, -0.15) is 0 Å². The molecule has 0 unspecified atom stereocenters. The van der Waals surface area contributed by atoms with Gasteiger partial charge in [-0.1, -0.05) is 0 Å². The van der Waals surface area contributed by atoms with Crippen LogP contribution in [0.3, 0.4) is 0 Å². The lowest BCUT2D eigenvalue weighted by atomic mass is 10.3. The average molecular weight is 203 g/mol. The Morgan fingerprint density at radius 3 is 2.93 bits per heavy atom. The van der Waals surface area contributed by atoms with Crippen LogP contribution in [-0.2, 0) is 6.42 Å². The van der Waals surface area contributed by atoms with E-state index in [1.54, 1.807) is 18.7 Å². The number of aromatic amines is 1. The molecule has 2 N–H and O–H groups in total. The van der Waals surface area contributed by atoms with Crippen molar-refractivity contribution in [1.29, 1.82) is 0 Å². The fourth-order valence-corrected chi connectivity index (χ4v) is 1.32. The zero-order valence-corrected chi connectivity index (χ0v) is 8.57. The quantitative estimate of drug-likeness (QED) is 0.782. The van der Waals surface area contributed by atoms with Gasteiger partial charge in [-0.25, -0.2) is 9.97 Å². The summed E-state index contributed by atoms with van der Waals surface area (Å²) in [5.74, 6) is 0.844. The van der Waals surface area contributed by atoms with Crippen molar-refractivity contribution in [3.8, 4) is 0 Å². The number of nitrogens with zero attached hydrogens (tertiary/aromatic N) is 3. The summed E-state index contributed by atoms with van der Waals surface area (Å²) in [6.45, 7) is 2.76. The van der Waals surface area contributed by atoms with Gasteiger partial charge < -0.3 is 10.3 Å². The van der Waals surface area contributed by atoms with E-state index >= 15 is 0 Å². The maximum Gasteiger partial charge on any atom is 0.147 e. The highest BCUT2D eigenvalue weighted by molar-refractivity contribution is 5.38. The van der Waals surface area contributed by atoms with E-state index in [9.17, 15) is 0 Å². The van der Waals surface area contributed by atoms with E-state index in [-0.39, 0.29) is 0 Å². The molecule has 2 aromatic heterocycles. The van der Waals surface area contributed by atoms with Gasteiger partial charge in [0.15, 0.2) is 0 Å². The molecule has 5 nitrogen and oxygen atoms in total. The van der Waals surface area contributed by atoms with Crippen LogP contribution < -0.4 is 5.32 Å². The molecule has 5 heteroatoms. The Bertz CT molecular complexity index is 410. The first kappa shape index (κ1) is 9.64. The number of nitrogens with one attached hydrogen (secondary N) is 2.